The van der Waals surface area contributed by atoms with Crippen LogP contribution in [0.4, 0.5) is 15.8 Å². The zero-order chi connectivity index (χ0) is 20.5. The maximum absolute atomic E-state index is 13.2. The Balaban J connectivity index is 1.89. The number of hydrogen-bond acceptors (Lipinski definition) is 6. The molecule has 28 heavy (non-hydrogen) atoms. The third-order valence-corrected chi connectivity index (χ3v) is 5.28. The van der Waals surface area contributed by atoms with Crippen molar-refractivity contribution in [1.29, 1.82) is 0 Å². The maximum Gasteiger partial charge on any atom is 0.271 e. The number of hydrogen-bond donors (Lipinski definition) is 2. The fraction of sp³-hybridized carbons (Fsp3) is 0.167. The van der Waals surface area contributed by atoms with E-state index < -0.39 is 33.5 Å². The van der Waals surface area contributed by atoms with Gasteiger partial charge in [-0.3, -0.25) is 14.6 Å². The normalized spacial score (nSPS) is 16.6. The van der Waals surface area contributed by atoms with Gasteiger partial charge in [-0.25, -0.2) is 12.8 Å². The minimum Gasteiger partial charge on any atom is -0.368 e. The van der Waals surface area contributed by atoms with Gasteiger partial charge in [-0.05, 0) is 36.4 Å². The first-order valence-electron chi connectivity index (χ1n) is 8.19. The Morgan fingerprint density at radius 1 is 1.18 bits per heavy atom. The van der Waals surface area contributed by atoms with Crippen molar-refractivity contribution in [3.63, 3.8) is 0 Å². The molecule has 2 aromatic rings. The smallest absolute Gasteiger partial charge is 0.271 e. The number of carbonyl (C=O) groups is 2. The molecule has 0 spiro atoms. The van der Waals surface area contributed by atoms with E-state index in [-0.39, 0.29) is 22.7 Å². The third kappa shape index (κ3) is 4.01. The predicted octanol–water partition coefficient (Wildman–Crippen LogP) is 1.29. The van der Waals surface area contributed by atoms with Gasteiger partial charge in [0.15, 0.2) is 9.84 Å². The molecular formula is C18H17FN4O4S. The standard InChI is InChI=1S/C18H17FN4O4S/c1-28(26,27)16-5-3-2-4-13(16)21-18(25)14-10-15(17(20)24)23(22-14)12-8-6-11(19)7-9-12/h2-9,15H,10H2,1H3,(H2,20,24)(H,21,25). The molecule has 1 atom stereocenters. The molecule has 0 aliphatic carbocycles. The van der Waals surface area contributed by atoms with E-state index in [2.05, 4.69) is 10.4 Å². The highest BCUT2D eigenvalue weighted by molar-refractivity contribution is 7.90. The van der Waals surface area contributed by atoms with Gasteiger partial charge >= 0.3 is 0 Å². The lowest BCUT2D eigenvalue weighted by Crippen LogP contribution is -2.39. The van der Waals surface area contributed by atoms with Crippen LogP contribution < -0.4 is 16.1 Å². The first-order chi connectivity index (χ1) is 13.2. The Kier molecular flexibility index (Phi) is 5.14. The first-order valence-corrected chi connectivity index (χ1v) is 10.1. The summed E-state index contributed by atoms with van der Waals surface area (Å²) in [5.41, 5.74) is 5.91. The van der Waals surface area contributed by atoms with Gasteiger partial charge in [0.25, 0.3) is 5.91 Å². The van der Waals surface area contributed by atoms with E-state index in [1.54, 1.807) is 12.1 Å². The van der Waals surface area contributed by atoms with Gasteiger partial charge in [0.2, 0.25) is 5.91 Å². The lowest BCUT2D eigenvalue weighted by Gasteiger charge is -2.20. The molecule has 2 amide bonds. The molecule has 1 aliphatic heterocycles. The lowest BCUT2D eigenvalue weighted by atomic mass is 10.1. The first kappa shape index (κ1) is 19.5. The van der Waals surface area contributed by atoms with Crippen LogP contribution in [0.3, 0.4) is 0 Å². The highest BCUT2D eigenvalue weighted by Crippen LogP contribution is 2.26. The number of nitrogens with zero attached hydrogens (tertiary/aromatic N) is 2. The second kappa shape index (κ2) is 7.39. The Labute approximate surface area is 160 Å². The van der Waals surface area contributed by atoms with Gasteiger partial charge in [-0.15, -0.1) is 0 Å². The summed E-state index contributed by atoms with van der Waals surface area (Å²) in [7, 11) is -3.56. The molecule has 2 aromatic carbocycles. The van der Waals surface area contributed by atoms with E-state index in [1.165, 1.54) is 41.4 Å². The van der Waals surface area contributed by atoms with Crippen LogP contribution in [0.15, 0.2) is 58.5 Å². The molecule has 8 nitrogen and oxygen atoms in total. The summed E-state index contributed by atoms with van der Waals surface area (Å²) in [6, 6.07) is 10.2. The van der Waals surface area contributed by atoms with Crippen molar-refractivity contribution in [1.82, 2.24) is 0 Å². The third-order valence-electron chi connectivity index (χ3n) is 4.13. The van der Waals surface area contributed by atoms with Crippen molar-refractivity contribution in [3.8, 4) is 0 Å². The van der Waals surface area contributed by atoms with Crippen LogP contribution in [0.25, 0.3) is 0 Å². The Morgan fingerprint density at radius 3 is 2.43 bits per heavy atom. The van der Waals surface area contributed by atoms with Gasteiger partial charge in [-0.2, -0.15) is 5.10 Å². The Bertz CT molecular complexity index is 1070. The van der Waals surface area contributed by atoms with Crippen LogP contribution in [0.2, 0.25) is 0 Å². The van der Waals surface area contributed by atoms with Crippen molar-refractivity contribution in [3.05, 3.63) is 54.3 Å². The van der Waals surface area contributed by atoms with Crippen LogP contribution in [0, 0.1) is 5.82 Å². The lowest BCUT2D eigenvalue weighted by molar-refractivity contribution is -0.119. The molecule has 1 heterocycles. The molecule has 0 fully saturated rings. The average molecular weight is 404 g/mol. The number of sulfone groups is 1. The summed E-state index contributed by atoms with van der Waals surface area (Å²) in [6.07, 6.45) is 0.962. The van der Waals surface area contributed by atoms with Gasteiger partial charge in [0.05, 0.1) is 16.3 Å². The van der Waals surface area contributed by atoms with E-state index in [4.69, 9.17) is 5.73 Å². The molecule has 0 radical (unpaired) electrons. The topological polar surface area (TPSA) is 122 Å². The van der Waals surface area contributed by atoms with Crippen LogP contribution in [-0.2, 0) is 19.4 Å². The van der Waals surface area contributed by atoms with E-state index >= 15 is 0 Å². The highest BCUT2D eigenvalue weighted by Gasteiger charge is 2.35. The van der Waals surface area contributed by atoms with Crippen LogP contribution >= 0.6 is 0 Å². The SMILES string of the molecule is CS(=O)(=O)c1ccccc1NC(=O)C1=NN(c2ccc(F)cc2)C(C(N)=O)C1. The molecule has 146 valence electrons. The molecule has 10 heteroatoms. The van der Waals surface area contributed by atoms with E-state index in [9.17, 15) is 22.4 Å². The van der Waals surface area contributed by atoms with Gasteiger partial charge in [0.1, 0.15) is 17.6 Å². The number of carbonyl (C=O) groups excluding carboxylic acids is 2. The van der Waals surface area contributed by atoms with E-state index in [1.807, 2.05) is 0 Å². The highest BCUT2D eigenvalue weighted by atomic mass is 32.2. The molecule has 3 N–H and O–H groups in total. The summed E-state index contributed by atoms with van der Waals surface area (Å²) < 4.78 is 36.9. The number of nitrogens with one attached hydrogen (secondary N) is 1. The number of nitrogens with two attached hydrogens (primary N) is 1. The molecule has 1 aliphatic rings. The molecule has 0 saturated carbocycles. The fourth-order valence-electron chi connectivity index (χ4n) is 2.79. The molecular weight excluding hydrogens is 387 g/mol. The quantitative estimate of drug-likeness (QED) is 0.778. The minimum atomic E-state index is -3.56. The molecule has 0 aromatic heterocycles. The summed E-state index contributed by atoms with van der Waals surface area (Å²) >= 11 is 0. The predicted molar refractivity (Wildman–Crippen MR) is 102 cm³/mol. The van der Waals surface area contributed by atoms with E-state index in [0.29, 0.717) is 5.69 Å². The fourth-order valence-corrected chi connectivity index (χ4v) is 3.63. The Hall–Kier alpha value is -3.27. The van der Waals surface area contributed by atoms with E-state index in [0.717, 1.165) is 6.26 Å². The monoisotopic (exact) mass is 404 g/mol. The number of benzene rings is 2. The van der Waals surface area contributed by atoms with Crippen molar-refractivity contribution in [2.45, 2.75) is 17.4 Å². The Morgan fingerprint density at radius 2 is 1.82 bits per heavy atom. The zero-order valence-corrected chi connectivity index (χ0v) is 15.6. The summed E-state index contributed by atoms with van der Waals surface area (Å²) in [4.78, 5) is 24.4. The van der Waals surface area contributed by atoms with Crippen molar-refractivity contribution in [2.75, 3.05) is 16.6 Å². The number of para-hydroxylation sites is 1. The van der Waals surface area contributed by atoms with Crippen LogP contribution in [-0.4, -0.2) is 38.2 Å². The number of rotatable bonds is 5. The summed E-state index contributed by atoms with van der Waals surface area (Å²) in [5, 5.41) is 7.90. The molecule has 1 unspecified atom stereocenters. The summed E-state index contributed by atoms with van der Waals surface area (Å²) in [6.45, 7) is 0. The number of amides is 2. The summed E-state index contributed by atoms with van der Waals surface area (Å²) in [5.74, 6) is -1.82. The minimum absolute atomic E-state index is 0.00331. The van der Waals surface area contributed by atoms with Gasteiger partial charge < -0.3 is 11.1 Å². The molecule has 3 rings (SSSR count). The zero-order valence-electron chi connectivity index (χ0n) is 14.8. The second-order valence-corrected chi connectivity index (χ2v) is 8.20. The van der Waals surface area contributed by atoms with Gasteiger partial charge in [0, 0.05) is 12.7 Å². The van der Waals surface area contributed by atoms with Crippen LogP contribution in [0.5, 0.6) is 0 Å². The van der Waals surface area contributed by atoms with Crippen molar-refractivity contribution < 1.29 is 22.4 Å². The molecule has 0 bridgehead atoms. The number of anilines is 2. The largest absolute Gasteiger partial charge is 0.368 e. The molecule has 0 saturated heterocycles. The van der Waals surface area contributed by atoms with Crippen LogP contribution in [0.1, 0.15) is 6.42 Å². The van der Waals surface area contributed by atoms with Crippen molar-refractivity contribution in [2.24, 2.45) is 10.8 Å². The average Bonchev–Trinajstić information content (AvgIpc) is 3.08. The number of halogens is 1. The second-order valence-electron chi connectivity index (χ2n) is 6.21. The van der Waals surface area contributed by atoms with Gasteiger partial charge in [-0.1, -0.05) is 12.1 Å². The number of hydrazone groups is 1. The van der Waals surface area contributed by atoms with Crippen molar-refractivity contribution >= 4 is 38.7 Å². The number of primary amides is 1. The maximum atomic E-state index is 13.2.